The van der Waals surface area contributed by atoms with Crippen LogP contribution in [0.5, 0.6) is 0 Å². The minimum absolute atomic E-state index is 0.442. The van der Waals surface area contributed by atoms with Crippen LogP contribution in [-0.4, -0.2) is 31.7 Å². The van der Waals surface area contributed by atoms with Gasteiger partial charge >= 0.3 is 0 Å². The first-order chi connectivity index (χ1) is 4.81. The smallest absolute Gasteiger partial charge is 0.154 e. The van der Waals surface area contributed by atoms with Gasteiger partial charge in [0.1, 0.15) is 0 Å². The lowest BCUT2D eigenvalue weighted by atomic mass is 10.3. The monoisotopic (exact) mass is 147 g/mol. The molecule has 1 atom stereocenters. The van der Waals surface area contributed by atoms with Crippen molar-refractivity contribution in [3.63, 3.8) is 0 Å². The summed E-state index contributed by atoms with van der Waals surface area (Å²) < 4.78 is 9.63. The summed E-state index contributed by atoms with van der Waals surface area (Å²) in [5, 5.41) is 8.96. The summed E-state index contributed by atoms with van der Waals surface area (Å²) in [5.41, 5.74) is 0. The Morgan fingerprint density at radius 2 is 2.20 bits per heavy atom. The fourth-order valence-corrected chi connectivity index (χ4v) is 0.525. The van der Waals surface area contributed by atoms with E-state index in [4.69, 9.17) is 14.6 Å². The Bertz CT molecular complexity index is 65.9. The molecule has 0 aromatic rings. The molecule has 0 aliphatic rings. The van der Waals surface area contributed by atoms with Gasteiger partial charge in [0, 0.05) is 7.11 Å². The normalized spacial score (nSPS) is 13.5. The molecule has 0 heterocycles. The molecule has 61 valence electrons. The zero-order valence-electron chi connectivity index (χ0n) is 6.38. The van der Waals surface area contributed by atoms with E-state index < -0.39 is 6.29 Å². The Hall–Kier alpha value is -0.120. The first kappa shape index (κ1) is 9.88. The molecule has 3 heteroatoms. The summed E-state index contributed by atoms with van der Waals surface area (Å²) in [6.45, 7) is 4.55. The molecule has 1 unspecified atom stereocenters. The van der Waals surface area contributed by atoms with E-state index >= 15 is 0 Å². The molecule has 1 N–H and O–H groups in total. The van der Waals surface area contributed by atoms with Crippen molar-refractivity contribution >= 4 is 0 Å². The lowest BCUT2D eigenvalue weighted by Crippen LogP contribution is -2.14. The molecule has 0 aromatic heterocycles. The summed E-state index contributed by atoms with van der Waals surface area (Å²) in [6.07, 6.45) is 0.602. The van der Waals surface area contributed by atoms with Crippen molar-refractivity contribution in [2.75, 3.05) is 20.3 Å². The number of aliphatic hydroxyl groups excluding tert-OH is 1. The van der Waals surface area contributed by atoms with Crippen LogP contribution in [0.15, 0.2) is 0 Å². The van der Waals surface area contributed by atoms with Crippen LogP contribution in [-0.2, 0) is 9.47 Å². The molecule has 0 spiro atoms. The SMILES string of the molecule is [CH2]CCC(O)OCCOC. The number of ether oxygens (including phenoxy) is 2. The molecule has 0 aliphatic carbocycles. The number of methoxy groups -OCH3 is 1. The number of hydrogen-bond donors (Lipinski definition) is 1. The van der Waals surface area contributed by atoms with E-state index in [1.807, 2.05) is 0 Å². The van der Waals surface area contributed by atoms with Crippen molar-refractivity contribution in [2.45, 2.75) is 19.1 Å². The van der Waals surface area contributed by atoms with Crippen LogP contribution < -0.4 is 0 Å². The fourth-order valence-electron chi connectivity index (χ4n) is 0.525. The van der Waals surface area contributed by atoms with Gasteiger partial charge in [-0.3, -0.25) is 0 Å². The molecular weight excluding hydrogens is 132 g/mol. The third-order valence-corrected chi connectivity index (χ3v) is 1.05. The topological polar surface area (TPSA) is 38.7 Å². The Morgan fingerprint density at radius 1 is 1.50 bits per heavy atom. The Kier molecular flexibility index (Phi) is 6.91. The Labute approximate surface area is 62.0 Å². The van der Waals surface area contributed by atoms with Gasteiger partial charge in [0.25, 0.3) is 0 Å². The molecule has 0 bridgehead atoms. The second kappa shape index (κ2) is 6.99. The third-order valence-electron chi connectivity index (χ3n) is 1.05. The van der Waals surface area contributed by atoms with Crippen molar-refractivity contribution in [1.29, 1.82) is 0 Å². The Morgan fingerprint density at radius 3 is 2.70 bits per heavy atom. The molecule has 0 fully saturated rings. The van der Waals surface area contributed by atoms with Gasteiger partial charge in [-0.15, -0.1) is 0 Å². The summed E-state index contributed by atoms with van der Waals surface area (Å²) in [4.78, 5) is 0. The highest BCUT2D eigenvalue weighted by Gasteiger charge is 1.99. The maximum Gasteiger partial charge on any atom is 0.154 e. The van der Waals surface area contributed by atoms with Gasteiger partial charge in [-0.1, -0.05) is 6.92 Å². The zero-order chi connectivity index (χ0) is 7.82. The molecule has 0 rings (SSSR count). The highest BCUT2D eigenvalue weighted by atomic mass is 16.6. The van der Waals surface area contributed by atoms with Crippen LogP contribution in [0.1, 0.15) is 12.8 Å². The second-order valence-electron chi connectivity index (χ2n) is 1.96. The van der Waals surface area contributed by atoms with Gasteiger partial charge in [-0.2, -0.15) is 0 Å². The molecule has 0 aliphatic heterocycles. The average Bonchev–Trinajstić information content (AvgIpc) is 1.89. The summed E-state index contributed by atoms with van der Waals surface area (Å²) in [5.74, 6) is 0. The van der Waals surface area contributed by atoms with Crippen LogP contribution in [0.3, 0.4) is 0 Å². The highest BCUT2D eigenvalue weighted by Crippen LogP contribution is 1.96. The van der Waals surface area contributed by atoms with E-state index in [0.29, 0.717) is 26.1 Å². The van der Waals surface area contributed by atoms with Gasteiger partial charge in [-0.25, -0.2) is 0 Å². The maximum absolute atomic E-state index is 8.96. The molecule has 10 heavy (non-hydrogen) atoms. The van der Waals surface area contributed by atoms with E-state index in [0.717, 1.165) is 0 Å². The Balaban J connectivity index is 2.97. The van der Waals surface area contributed by atoms with Crippen molar-refractivity contribution in [3.8, 4) is 0 Å². The van der Waals surface area contributed by atoms with Crippen LogP contribution >= 0.6 is 0 Å². The van der Waals surface area contributed by atoms with Gasteiger partial charge in [0.05, 0.1) is 13.2 Å². The molecule has 0 amide bonds. The van der Waals surface area contributed by atoms with Crippen molar-refractivity contribution in [2.24, 2.45) is 0 Å². The van der Waals surface area contributed by atoms with E-state index in [1.165, 1.54) is 0 Å². The molecule has 0 aromatic carbocycles. The predicted molar refractivity (Wildman–Crippen MR) is 38.4 cm³/mol. The standard InChI is InChI=1S/C7H15O3/c1-3-4-7(8)10-6-5-9-2/h7-8H,1,3-6H2,2H3. The van der Waals surface area contributed by atoms with Crippen LogP contribution in [0.4, 0.5) is 0 Å². The zero-order valence-corrected chi connectivity index (χ0v) is 6.38. The van der Waals surface area contributed by atoms with Gasteiger partial charge in [0.15, 0.2) is 6.29 Å². The lowest BCUT2D eigenvalue weighted by Gasteiger charge is -2.09. The molecular formula is C7H15O3. The van der Waals surface area contributed by atoms with Crippen molar-refractivity contribution in [1.82, 2.24) is 0 Å². The van der Waals surface area contributed by atoms with Gasteiger partial charge < -0.3 is 14.6 Å². The van der Waals surface area contributed by atoms with Gasteiger partial charge in [0.2, 0.25) is 0 Å². The van der Waals surface area contributed by atoms with E-state index in [-0.39, 0.29) is 0 Å². The summed E-state index contributed by atoms with van der Waals surface area (Å²) in [6, 6.07) is 0. The number of hydrogen-bond acceptors (Lipinski definition) is 3. The first-order valence-electron chi connectivity index (χ1n) is 3.39. The van der Waals surface area contributed by atoms with E-state index in [2.05, 4.69) is 6.92 Å². The largest absolute Gasteiger partial charge is 0.382 e. The fraction of sp³-hybridized carbons (Fsp3) is 0.857. The molecule has 0 saturated heterocycles. The molecule has 3 nitrogen and oxygen atoms in total. The first-order valence-corrected chi connectivity index (χ1v) is 3.39. The minimum Gasteiger partial charge on any atom is -0.382 e. The van der Waals surface area contributed by atoms with Crippen molar-refractivity contribution < 1.29 is 14.6 Å². The van der Waals surface area contributed by atoms with Gasteiger partial charge in [-0.05, 0) is 12.8 Å². The van der Waals surface area contributed by atoms with Crippen molar-refractivity contribution in [3.05, 3.63) is 6.92 Å². The summed E-state index contributed by atoms with van der Waals surface area (Å²) >= 11 is 0. The van der Waals surface area contributed by atoms with Crippen LogP contribution in [0.2, 0.25) is 0 Å². The average molecular weight is 147 g/mol. The molecule has 1 radical (unpaired) electrons. The number of aliphatic hydroxyl groups is 1. The number of rotatable bonds is 6. The highest BCUT2D eigenvalue weighted by molar-refractivity contribution is 4.44. The molecule has 0 saturated carbocycles. The van der Waals surface area contributed by atoms with Crippen LogP contribution in [0, 0.1) is 6.92 Å². The summed E-state index contributed by atoms with van der Waals surface area (Å²) in [7, 11) is 1.59. The minimum atomic E-state index is -0.673. The maximum atomic E-state index is 8.96. The van der Waals surface area contributed by atoms with E-state index in [1.54, 1.807) is 7.11 Å². The quantitative estimate of drug-likeness (QED) is 0.441. The van der Waals surface area contributed by atoms with Crippen LogP contribution in [0.25, 0.3) is 0 Å². The second-order valence-corrected chi connectivity index (χ2v) is 1.96. The third kappa shape index (κ3) is 6.01. The lowest BCUT2D eigenvalue weighted by molar-refractivity contribution is -0.112. The predicted octanol–water partition coefficient (Wildman–Crippen LogP) is 0.582. The van der Waals surface area contributed by atoms with E-state index in [9.17, 15) is 0 Å².